The van der Waals surface area contributed by atoms with Crippen LogP contribution in [0.2, 0.25) is 0 Å². The summed E-state index contributed by atoms with van der Waals surface area (Å²) in [6.07, 6.45) is 0.458. The van der Waals surface area contributed by atoms with Crippen molar-refractivity contribution in [3.63, 3.8) is 0 Å². The summed E-state index contributed by atoms with van der Waals surface area (Å²) >= 11 is 0. The lowest BCUT2D eigenvalue weighted by molar-refractivity contribution is -0.157. The highest BCUT2D eigenvalue weighted by Gasteiger charge is 2.53. The molecule has 1 saturated heterocycles. The lowest BCUT2D eigenvalue weighted by atomic mass is 9.88. The Morgan fingerprint density at radius 1 is 1.10 bits per heavy atom. The number of methoxy groups -OCH3 is 1. The van der Waals surface area contributed by atoms with Gasteiger partial charge in [0.15, 0.2) is 0 Å². The molecule has 2 aromatic rings. The van der Waals surface area contributed by atoms with Crippen LogP contribution in [-0.4, -0.2) is 44.4 Å². The fraction of sp³-hybridized carbons (Fsp3) is 0.364. The zero-order chi connectivity index (χ0) is 21.9. The summed E-state index contributed by atoms with van der Waals surface area (Å²) in [5.74, 6) is -0.903. The molecule has 0 bridgehead atoms. The van der Waals surface area contributed by atoms with Gasteiger partial charge in [0, 0.05) is 5.56 Å². The molecule has 0 saturated carbocycles. The lowest BCUT2D eigenvalue weighted by Crippen LogP contribution is -2.64. The van der Waals surface area contributed by atoms with Gasteiger partial charge in [-0.2, -0.15) is 0 Å². The molecule has 0 spiro atoms. The zero-order valence-electron chi connectivity index (χ0n) is 17.2. The average molecular weight is 432 g/mol. The number of aryl methyl sites for hydroxylation is 1. The summed E-state index contributed by atoms with van der Waals surface area (Å²) in [4.78, 5) is 25.0. The first-order valence-corrected chi connectivity index (χ1v) is 11.2. The number of hydrogen-bond donors (Lipinski definition) is 0. The van der Waals surface area contributed by atoms with Gasteiger partial charge in [-0.05, 0) is 31.0 Å². The molecule has 2 atom stereocenters. The van der Waals surface area contributed by atoms with Crippen molar-refractivity contribution in [2.75, 3.05) is 13.7 Å². The highest BCUT2D eigenvalue weighted by atomic mass is 32.2. The highest BCUT2D eigenvalue weighted by molar-refractivity contribution is 7.89. The number of sulfonamides is 1. The Morgan fingerprint density at radius 2 is 1.77 bits per heavy atom. The topological polar surface area (TPSA) is 90.0 Å². The Kier molecular flexibility index (Phi) is 6.45. The SMILES string of the molecule is CC[C@H]1C(=O)N(S(=O)(=O)c2ccccc2C)[C@H]1COC(=O)Cc1ccccc1OC. The number of amides is 1. The molecule has 0 N–H and O–H groups in total. The molecule has 1 fully saturated rings. The van der Waals surface area contributed by atoms with Crippen LogP contribution >= 0.6 is 0 Å². The number of ether oxygens (including phenoxy) is 2. The fourth-order valence-corrected chi connectivity index (χ4v) is 5.56. The number of rotatable bonds is 8. The third-order valence-corrected chi connectivity index (χ3v) is 7.30. The van der Waals surface area contributed by atoms with Gasteiger partial charge in [-0.3, -0.25) is 9.59 Å². The Hall–Kier alpha value is -2.87. The molecule has 1 aliphatic heterocycles. The minimum absolute atomic E-state index is 0.00792. The van der Waals surface area contributed by atoms with Crippen molar-refractivity contribution in [1.29, 1.82) is 0 Å². The zero-order valence-corrected chi connectivity index (χ0v) is 18.0. The van der Waals surface area contributed by atoms with Crippen LogP contribution in [0, 0.1) is 12.8 Å². The molecule has 0 radical (unpaired) electrons. The quantitative estimate of drug-likeness (QED) is 0.472. The van der Waals surface area contributed by atoms with Crippen molar-refractivity contribution < 1.29 is 27.5 Å². The first-order valence-electron chi connectivity index (χ1n) is 9.72. The van der Waals surface area contributed by atoms with Crippen LogP contribution in [0.25, 0.3) is 0 Å². The van der Waals surface area contributed by atoms with E-state index in [1.54, 1.807) is 49.4 Å². The van der Waals surface area contributed by atoms with E-state index in [-0.39, 0.29) is 17.9 Å². The highest BCUT2D eigenvalue weighted by Crippen LogP contribution is 2.36. The van der Waals surface area contributed by atoms with Crippen LogP contribution < -0.4 is 4.74 Å². The van der Waals surface area contributed by atoms with Gasteiger partial charge in [0.05, 0.1) is 30.4 Å². The summed E-state index contributed by atoms with van der Waals surface area (Å²) in [7, 11) is -2.50. The van der Waals surface area contributed by atoms with Crippen LogP contribution in [-0.2, 0) is 30.8 Å². The van der Waals surface area contributed by atoms with Gasteiger partial charge in [-0.25, -0.2) is 12.7 Å². The van der Waals surface area contributed by atoms with Gasteiger partial charge in [0.1, 0.15) is 12.4 Å². The average Bonchev–Trinajstić information content (AvgIpc) is 2.71. The van der Waals surface area contributed by atoms with E-state index < -0.39 is 33.9 Å². The van der Waals surface area contributed by atoms with E-state index in [0.29, 0.717) is 23.3 Å². The molecule has 1 aliphatic rings. The molecular formula is C22H25NO6S. The van der Waals surface area contributed by atoms with Gasteiger partial charge >= 0.3 is 5.97 Å². The van der Waals surface area contributed by atoms with Crippen molar-refractivity contribution in [2.24, 2.45) is 5.92 Å². The van der Waals surface area contributed by atoms with Crippen molar-refractivity contribution in [2.45, 2.75) is 37.6 Å². The second-order valence-corrected chi connectivity index (χ2v) is 8.94. The molecule has 30 heavy (non-hydrogen) atoms. The van der Waals surface area contributed by atoms with Crippen LogP contribution in [0.15, 0.2) is 53.4 Å². The van der Waals surface area contributed by atoms with E-state index in [9.17, 15) is 18.0 Å². The molecule has 2 aromatic carbocycles. The van der Waals surface area contributed by atoms with E-state index in [4.69, 9.17) is 9.47 Å². The van der Waals surface area contributed by atoms with Crippen LogP contribution in [0.3, 0.4) is 0 Å². The smallest absolute Gasteiger partial charge is 0.310 e. The van der Waals surface area contributed by atoms with Crippen molar-refractivity contribution >= 4 is 21.9 Å². The summed E-state index contributed by atoms with van der Waals surface area (Å²) in [6, 6.07) is 12.9. The van der Waals surface area contributed by atoms with Crippen molar-refractivity contribution in [3.05, 3.63) is 59.7 Å². The van der Waals surface area contributed by atoms with Gasteiger partial charge in [0.25, 0.3) is 10.0 Å². The molecule has 0 unspecified atom stereocenters. The standard InChI is InChI=1S/C22H25NO6S/c1-4-17-18(14-29-21(24)13-16-10-6-7-11-19(16)28-3)23(22(17)25)30(26,27)20-12-8-5-9-15(20)2/h5-12,17-18H,4,13-14H2,1-3H3/t17-,18+/m1/s1. The first kappa shape index (κ1) is 21.8. The van der Waals surface area contributed by atoms with Gasteiger partial charge in [-0.15, -0.1) is 0 Å². The van der Waals surface area contributed by atoms with E-state index in [2.05, 4.69) is 0 Å². The van der Waals surface area contributed by atoms with Crippen molar-refractivity contribution in [1.82, 2.24) is 4.31 Å². The predicted octanol–water partition coefficient (Wildman–Crippen LogP) is 2.72. The number of hydrogen-bond acceptors (Lipinski definition) is 6. The number of benzene rings is 2. The molecule has 1 heterocycles. The maximum Gasteiger partial charge on any atom is 0.310 e. The monoisotopic (exact) mass is 431 g/mol. The first-order chi connectivity index (χ1) is 14.3. The molecule has 8 heteroatoms. The lowest BCUT2D eigenvalue weighted by Gasteiger charge is -2.45. The third-order valence-electron chi connectivity index (χ3n) is 5.31. The van der Waals surface area contributed by atoms with Crippen LogP contribution in [0.1, 0.15) is 24.5 Å². The summed E-state index contributed by atoms with van der Waals surface area (Å²) in [6.45, 7) is 3.31. The molecule has 1 amide bonds. The number of carbonyl (C=O) groups is 2. The summed E-state index contributed by atoms with van der Waals surface area (Å²) in [5.41, 5.74) is 1.23. The predicted molar refractivity (Wildman–Crippen MR) is 110 cm³/mol. The summed E-state index contributed by atoms with van der Waals surface area (Å²) < 4.78 is 37.6. The molecule has 3 rings (SSSR count). The van der Waals surface area contributed by atoms with E-state index >= 15 is 0 Å². The number of esters is 1. The van der Waals surface area contributed by atoms with Crippen molar-refractivity contribution in [3.8, 4) is 5.75 Å². The summed E-state index contributed by atoms with van der Waals surface area (Å²) in [5, 5.41) is 0. The van der Waals surface area contributed by atoms with Crippen LogP contribution in [0.4, 0.5) is 0 Å². The minimum Gasteiger partial charge on any atom is -0.496 e. The van der Waals surface area contributed by atoms with E-state index in [1.165, 1.54) is 13.2 Å². The molecule has 7 nitrogen and oxygen atoms in total. The van der Waals surface area contributed by atoms with Crippen LogP contribution in [0.5, 0.6) is 5.75 Å². The minimum atomic E-state index is -4.02. The number of para-hydroxylation sites is 1. The Bertz CT molecular complexity index is 1050. The second kappa shape index (κ2) is 8.87. The number of nitrogens with zero attached hydrogens (tertiary/aromatic N) is 1. The van der Waals surface area contributed by atoms with Gasteiger partial charge in [-0.1, -0.05) is 43.3 Å². The van der Waals surface area contributed by atoms with Gasteiger partial charge in [0.2, 0.25) is 5.91 Å². The fourth-order valence-electron chi connectivity index (χ4n) is 3.69. The Labute approximate surface area is 176 Å². The molecular weight excluding hydrogens is 406 g/mol. The largest absolute Gasteiger partial charge is 0.496 e. The maximum atomic E-state index is 13.1. The number of β-lactam (4-membered cyclic amide) rings is 1. The number of carbonyl (C=O) groups excluding carboxylic acids is 2. The van der Waals surface area contributed by atoms with Gasteiger partial charge < -0.3 is 9.47 Å². The Balaban J connectivity index is 1.74. The molecule has 160 valence electrons. The molecule has 0 aromatic heterocycles. The normalized spacial score (nSPS) is 18.6. The second-order valence-electron chi connectivity index (χ2n) is 7.16. The maximum absolute atomic E-state index is 13.1. The molecule has 0 aliphatic carbocycles. The Morgan fingerprint density at radius 3 is 2.43 bits per heavy atom. The van der Waals surface area contributed by atoms with E-state index in [1.807, 2.05) is 6.92 Å². The van der Waals surface area contributed by atoms with E-state index in [0.717, 1.165) is 4.31 Å². The third kappa shape index (κ3) is 4.05.